The molecule has 0 fully saturated rings. The molecule has 0 saturated carbocycles. The zero-order valence-corrected chi connectivity index (χ0v) is 14.0. The first-order valence-electron chi connectivity index (χ1n) is 5.68. The largest absolute Gasteiger partial charge is 0.292 e. The van der Waals surface area contributed by atoms with Gasteiger partial charge in [-0.15, -0.1) is 0 Å². The fourth-order valence-corrected chi connectivity index (χ4v) is 2.82. The molecule has 0 saturated heterocycles. The molecule has 2 rings (SSSR count). The van der Waals surface area contributed by atoms with Crippen molar-refractivity contribution < 1.29 is 4.79 Å². The molecule has 0 radical (unpaired) electrons. The van der Waals surface area contributed by atoms with E-state index in [2.05, 4.69) is 31.9 Å². The van der Waals surface area contributed by atoms with Gasteiger partial charge in [-0.2, -0.15) is 5.26 Å². The summed E-state index contributed by atoms with van der Waals surface area (Å²) < 4.78 is 1.46. The lowest BCUT2D eigenvalue weighted by molar-refractivity contribution is 0.0979. The highest BCUT2D eigenvalue weighted by atomic mass is 79.9. The predicted molar refractivity (Wildman–Crippen MR) is 86.0 cm³/mol. The number of carbonyl (C=O) groups excluding carboxylic acids is 1. The molecule has 1 unspecified atom stereocenters. The van der Waals surface area contributed by atoms with Crippen LogP contribution < -0.4 is 0 Å². The Balaban J connectivity index is 2.45. The number of hydrogen-bond acceptors (Lipinski definition) is 2. The number of carbonyl (C=O) groups is 1. The smallest absolute Gasteiger partial charge is 0.185 e. The molecule has 1 atom stereocenters. The summed E-state index contributed by atoms with van der Waals surface area (Å²) in [6.07, 6.45) is 0. The average Bonchev–Trinajstić information content (AvgIpc) is 2.42. The van der Waals surface area contributed by atoms with Crippen LogP contribution >= 0.6 is 43.5 Å². The third-order valence-corrected chi connectivity index (χ3v) is 4.58. The van der Waals surface area contributed by atoms with Crippen LogP contribution in [0.3, 0.4) is 0 Å². The molecular formula is C15H8Br2ClNO. The summed E-state index contributed by atoms with van der Waals surface area (Å²) >= 11 is 12.7. The SMILES string of the molecule is N#CC(C(=O)c1cccc(Br)c1Cl)c1cccc(Br)c1. The number of nitriles is 1. The zero-order chi connectivity index (χ0) is 14.7. The van der Waals surface area contributed by atoms with E-state index in [4.69, 9.17) is 11.6 Å². The molecule has 0 spiro atoms. The molecule has 0 aliphatic carbocycles. The fraction of sp³-hybridized carbons (Fsp3) is 0.0667. The van der Waals surface area contributed by atoms with Crippen molar-refractivity contribution in [1.82, 2.24) is 0 Å². The molecule has 100 valence electrons. The first-order chi connectivity index (χ1) is 9.54. The van der Waals surface area contributed by atoms with Crippen LogP contribution in [-0.4, -0.2) is 5.78 Å². The number of ketones is 1. The van der Waals surface area contributed by atoms with Gasteiger partial charge in [-0.05, 0) is 45.8 Å². The van der Waals surface area contributed by atoms with Crippen molar-refractivity contribution in [3.63, 3.8) is 0 Å². The minimum Gasteiger partial charge on any atom is -0.292 e. The number of benzene rings is 2. The lowest BCUT2D eigenvalue weighted by Gasteiger charge is -2.11. The summed E-state index contributed by atoms with van der Waals surface area (Å²) in [6.45, 7) is 0. The number of Topliss-reactive ketones (excluding diaryl/α,β-unsaturated/α-hetero) is 1. The maximum absolute atomic E-state index is 12.5. The molecule has 0 bridgehead atoms. The lowest BCUT2D eigenvalue weighted by atomic mass is 9.92. The molecule has 0 N–H and O–H groups in total. The molecular weight excluding hydrogens is 405 g/mol. The predicted octanol–water partition coefficient (Wildman–Crippen LogP) is 5.36. The summed E-state index contributed by atoms with van der Waals surface area (Å²) in [5, 5.41) is 9.65. The van der Waals surface area contributed by atoms with Gasteiger partial charge >= 0.3 is 0 Å². The van der Waals surface area contributed by atoms with Gasteiger partial charge in [-0.25, -0.2) is 0 Å². The van der Waals surface area contributed by atoms with E-state index in [1.54, 1.807) is 36.4 Å². The van der Waals surface area contributed by atoms with Crippen LogP contribution in [0.15, 0.2) is 51.4 Å². The second-order valence-electron chi connectivity index (χ2n) is 4.08. The van der Waals surface area contributed by atoms with E-state index < -0.39 is 5.92 Å². The van der Waals surface area contributed by atoms with Crippen LogP contribution in [-0.2, 0) is 0 Å². The van der Waals surface area contributed by atoms with Gasteiger partial charge in [-0.1, -0.05) is 45.7 Å². The lowest BCUT2D eigenvalue weighted by Crippen LogP contribution is -2.12. The molecule has 0 aliphatic heterocycles. The standard InChI is InChI=1S/C15H8Br2ClNO/c16-10-4-1-3-9(7-10)12(8-19)15(20)11-5-2-6-13(17)14(11)18/h1-7,12H. The number of halogens is 3. The van der Waals surface area contributed by atoms with Crippen LogP contribution in [0.4, 0.5) is 0 Å². The Morgan fingerprint density at radius 3 is 2.55 bits per heavy atom. The van der Waals surface area contributed by atoms with Crippen molar-refractivity contribution in [2.45, 2.75) is 5.92 Å². The Kier molecular flexibility index (Phi) is 4.98. The fourth-order valence-electron chi connectivity index (χ4n) is 1.82. The van der Waals surface area contributed by atoms with Crippen LogP contribution in [0.1, 0.15) is 21.8 Å². The van der Waals surface area contributed by atoms with Gasteiger partial charge in [0.1, 0.15) is 5.92 Å². The van der Waals surface area contributed by atoms with Crippen molar-refractivity contribution in [2.24, 2.45) is 0 Å². The van der Waals surface area contributed by atoms with E-state index in [-0.39, 0.29) is 5.78 Å². The molecule has 0 amide bonds. The highest BCUT2D eigenvalue weighted by Gasteiger charge is 2.24. The Labute approximate surface area is 138 Å². The van der Waals surface area contributed by atoms with Gasteiger partial charge in [-0.3, -0.25) is 4.79 Å². The summed E-state index contributed by atoms with van der Waals surface area (Å²) in [7, 11) is 0. The molecule has 2 aromatic rings. The van der Waals surface area contributed by atoms with Crippen LogP contribution in [0.5, 0.6) is 0 Å². The minimum absolute atomic E-state index is 0.308. The summed E-state index contributed by atoms with van der Waals surface area (Å²) in [5.74, 6) is -1.18. The Bertz CT molecular complexity index is 709. The number of hydrogen-bond donors (Lipinski definition) is 0. The molecule has 0 heterocycles. The van der Waals surface area contributed by atoms with Crippen molar-refractivity contribution in [1.29, 1.82) is 5.26 Å². The van der Waals surface area contributed by atoms with E-state index in [1.807, 2.05) is 12.1 Å². The summed E-state index contributed by atoms with van der Waals surface area (Å²) in [4.78, 5) is 12.5. The van der Waals surface area contributed by atoms with Gasteiger partial charge in [0.05, 0.1) is 11.1 Å². The first-order valence-corrected chi connectivity index (χ1v) is 7.64. The van der Waals surface area contributed by atoms with E-state index in [0.29, 0.717) is 20.6 Å². The van der Waals surface area contributed by atoms with Gasteiger partial charge < -0.3 is 0 Å². The van der Waals surface area contributed by atoms with Gasteiger partial charge in [0.15, 0.2) is 5.78 Å². The molecule has 0 aliphatic rings. The van der Waals surface area contributed by atoms with Gasteiger partial charge in [0.25, 0.3) is 0 Å². The summed E-state index contributed by atoms with van der Waals surface area (Å²) in [5.41, 5.74) is 0.982. The van der Waals surface area contributed by atoms with E-state index in [1.165, 1.54) is 0 Å². The first kappa shape index (κ1) is 15.2. The quantitative estimate of drug-likeness (QED) is 0.636. The van der Waals surface area contributed by atoms with E-state index >= 15 is 0 Å². The molecule has 20 heavy (non-hydrogen) atoms. The van der Waals surface area contributed by atoms with Crippen LogP contribution in [0, 0.1) is 11.3 Å². The Hall–Kier alpha value is -1.15. The van der Waals surface area contributed by atoms with Gasteiger partial charge in [0.2, 0.25) is 0 Å². The Morgan fingerprint density at radius 2 is 1.90 bits per heavy atom. The van der Waals surface area contributed by atoms with E-state index in [0.717, 1.165) is 4.47 Å². The summed E-state index contributed by atoms with van der Waals surface area (Å²) in [6, 6.07) is 14.3. The second-order valence-corrected chi connectivity index (χ2v) is 6.23. The molecule has 2 aromatic carbocycles. The van der Waals surface area contributed by atoms with Crippen molar-refractivity contribution in [3.05, 3.63) is 67.6 Å². The maximum Gasteiger partial charge on any atom is 0.185 e. The van der Waals surface area contributed by atoms with Crippen molar-refractivity contribution in [3.8, 4) is 6.07 Å². The highest BCUT2D eigenvalue weighted by Crippen LogP contribution is 2.30. The van der Waals surface area contributed by atoms with Crippen LogP contribution in [0.25, 0.3) is 0 Å². The monoisotopic (exact) mass is 411 g/mol. The topological polar surface area (TPSA) is 40.9 Å². The minimum atomic E-state index is -0.876. The average molecular weight is 413 g/mol. The molecule has 2 nitrogen and oxygen atoms in total. The second kappa shape index (κ2) is 6.53. The zero-order valence-electron chi connectivity index (χ0n) is 10.1. The molecule has 0 aromatic heterocycles. The van der Waals surface area contributed by atoms with Crippen LogP contribution in [0.2, 0.25) is 5.02 Å². The maximum atomic E-state index is 12.5. The van der Waals surface area contributed by atoms with Gasteiger partial charge in [0, 0.05) is 14.5 Å². The Morgan fingerprint density at radius 1 is 1.20 bits per heavy atom. The number of rotatable bonds is 3. The third-order valence-electron chi connectivity index (χ3n) is 2.79. The van der Waals surface area contributed by atoms with E-state index in [9.17, 15) is 10.1 Å². The molecule has 5 heteroatoms. The van der Waals surface area contributed by atoms with Crippen molar-refractivity contribution >= 4 is 49.2 Å². The normalized spacial score (nSPS) is 11.7. The third kappa shape index (κ3) is 3.12. The van der Waals surface area contributed by atoms with Crippen molar-refractivity contribution in [2.75, 3.05) is 0 Å². The highest BCUT2D eigenvalue weighted by molar-refractivity contribution is 9.10. The number of nitrogens with zero attached hydrogens (tertiary/aromatic N) is 1.